The lowest BCUT2D eigenvalue weighted by molar-refractivity contribution is 0.868. The van der Waals surface area contributed by atoms with Crippen LogP contribution in [-0.4, -0.2) is 20.2 Å². The second kappa shape index (κ2) is 5.89. The van der Waals surface area contributed by atoms with Crippen molar-refractivity contribution in [2.45, 2.75) is 26.3 Å². The lowest BCUT2D eigenvalue weighted by Gasteiger charge is -2.05. The molecule has 0 aromatic carbocycles. The predicted octanol–water partition coefficient (Wildman–Crippen LogP) is 1.83. The summed E-state index contributed by atoms with van der Waals surface area (Å²) in [5, 5.41) is 11.0. The van der Waals surface area contributed by atoms with Gasteiger partial charge in [-0.15, -0.1) is 0 Å². The number of aryl methyl sites for hydroxylation is 1. The van der Waals surface area contributed by atoms with E-state index in [-0.39, 0.29) is 0 Å². The van der Waals surface area contributed by atoms with Crippen LogP contribution in [0.3, 0.4) is 0 Å². The van der Waals surface area contributed by atoms with Gasteiger partial charge < -0.3 is 5.32 Å². The third kappa shape index (κ3) is 3.48. The van der Waals surface area contributed by atoms with Gasteiger partial charge in [0.2, 0.25) is 0 Å². The van der Waals surface area contributed by atoms with E-state index in [9.17, 15) is 0 Å². The molecule has 0 spiro atoms. The molecule has 0 aliphatic heterocycles. The fourth-order valence-corrected chi connectivity index (χ4v) is 1.50. The van der Waals surface area contributed by atoms with Gasteiger partial charge in [0.1, 0.15) is 12.1 Å². The van der Waals surface area contributed by atoms with E-state index in [1.807, 2.05) is 18.2 Å². The van der Waals surface area contributed by atoms with E-state index in [1.54, 1.807) is 12.5 Å². The molecule has 5 nitrogen and oxygen atoms in total. The van der Waals surface area contributed by atoms with Gasteiger partial charge in [0, 0.05) is 18.0 Å². The maximum atomic E-state index is 4.21. The van der Waals surface area contributed by atoms with Gasteiger partial charge in [-0.3, -0.25) is 0 Å². The molecule has 0 atom stereocenters. The molecule has 5 heteroatoms. The van der Waals surface area contributed by atoms with Crippen molar-refractivity contribution in [3.63, 3.8) is 0 Å². The lowest BCUT2D eigenvalue weighted by Crippen LogP contribution is -2.04. The monoisotopic (exact) mass is 229 g/mol. The Balaban J connectivity index is 1.97. The zero-order valence-corrected chi connectivity index (χ0v) is 9.80. The Morgan fingerprint density at radius 3 is 2.94 bits per heavy atom. The highest BCUT2D eigenvalue weighted by Gasteiger charge is 1.99. The average molecular weight is 229 g/mol. The molecule has 2 rings (SSSR count). The number of nitrogens with zero attached hydrogens (tertiary/aromatic N) is 4. The van der Waals surface area contributed by atoms with Crippen LogP contribution in [0.25, 0.3) is 0 Å². The third-order valence-electron chi connectivity index (χ3n) is 2.31. The fraction of sp³-hybridized carbons (Fsp3) is 0.333. The molecule has 2 aromatic rings. The molecule has 2 aromatic heterocycles. The maximum absolute atomic E-state index is 4.21. The van der Waals surface area contributed by atoms with Crippen molar-refractivity contribution >= 4 is 5.82 Å². The molecule has 0 saturated carbocycles. The first kappa shape index (κ1) is 11.4. The molecular weight excluding hydrogens is 214 g/mol. The Morgan fingerprint density at radius 1 is 1.24 bits per heavy atom. The second-order valence-electron chi connectivity index (χ2n) is 3.71. The smallest absolute Gasteiger partial charge is 0.129 e. The van der Waals surface area contributed by atoms with Gasteiger partial charge in [0.05, 0.1) is 12.2 Å². The number of nitrogens with one attached hydrogen (secondary N) is 1. The summed E-state index contributed by atoms with van der Waals surface area (Å²) in [6.07, 6.45) is 5.31. The molecule has 0 unspecified atom stereocenters. The highest BCUT2D eigenvalue weighted by atomic mass is 15.1. The van der Waals surface area contributed by atoms with Gasteiger partial charge in [-0.05, 0) is 18.6 Å². The molecule has 0 saturated heterocycles. The first-order valence-corrected chi connectivity index (χ1v) is 5.70. The third-order valence-corrected chi connectivity index (χ3v) is 2.31. The van der Waals surface area contributed by atoms with Crippen molar-refractivity contribution in [3.05, 3.63) is 42.1 Å². The largest absolute Gasteiger partial charge is 0.364 e. The van der Waals surface area contributed by atoms with Crippen LogP contribution in [0.2, 0.25) is 0 Å². The predicted molar refractivity (Wildman–Crippen MR) is 65.4 cm³/mol. The molecule has 0 aliphatic carbocycles. The second-order valence-corrected chi connectivity index (χ2v) is 3.71. The van der Waals surface area contributed by atoms with Gasteiger partial charge >= 0.3 is 0 Å². The zero-order valence-electron chi connectivity index (χ0n) is 9.80. The Bertz CT molecular complexity index is 457. The first-order chi connectivity index (χ1) is 8.38. The van der Waals surface area contributed by atoms with Gasteiger partial charge in [-0.1, -0.05) is 13.3 Å². The minimum atomic E-state index is 0.621. The molecule has 0 radical (unpaired) electrons. The summed E-state index contributed by atoms with van der Waals surface area (Å²) in [6.45, 7) is 2.76. The van der Waals surface area contributed by atoms with E-state index in [4.69, 9.17) is 0 Å². The number of anilines is 1. The van der Waals surface area contributed by atoms with Crippen LogP contribution in [0.5, 0.6) is 0 Å². The Labute approximate surface area is 100 Å². The minimum Gasteiger partial charge on any atom is -0.364 e. The summed E-state index contributed by atoms with van der Waals surface area (Å²) >= 11 is 0. The summed E-state index contributed by atoms with van der Waals surface area (Å²) < 4.78 is 0. The zero-order chi connectivity index (χ0) is 11.9. The van der Waals surface area contributed by atoms with Crippen molar-refractivity contribution in [1.82, 2.24) is 20.2 Å². The van der Waals surface area contributed by atoms with Crippen LogP contribution in [0.4, 0.5) is 5.82 Å². The van der Waals surface area contributed by atoms with Crippen LogP contribution < -0.4 is 5.32 Å². The van der Waals surface area contributed by atoms with Crippen molar-refractivity contribution in [2.24, 2.45) is 0 Å². The van der Waals surface area contributed by atoms with E-state index >= 15 is 0 Å². The highest BCUT2D eigenvalue weighted by Crippen LogP contribution is 2.07. The number of hydrogen-bond donors (Lipinski definition) is 1. The maximum Gasteiger partial charge on any atom is 0.129 e. The van der Waals surface area contributed by atoms with Crippen molar-refractivity contribution in [2.75, 3.05) is 5.32 Å². The summed E-state index contributed by atoms with van der Waals surface area (Å²) in [5.41, 5.74) is 1.95. The normalized spacial score (nSPS) is 10.2. The molecule has 0 amide bonds. The molecule has 0 aliphatic rings. The molecule has 88 valence electrons. The molecule has 2 heterocycles. The van der Waals surface area contributed by atoms with Crippen LogP contribution in [0.1, 0.15) is 24.7 Å². The molecule has 0 fully saturated rings. The molecule has 0 bridgehead atoms. The van der Waals surface area contributed by atoms with E-state index in [1.165, 1.54) is 0 Å². The molecular formula is C12H15N5. The van der Waals surface area contributed by atoms with Crippen molar-refractivity contribution in [1.29, 1.82) is 0 Å². The van der Waals surface area contributed by atoms with Crippen LogP contribution in [0.15, 0.2) is 30.7 Å². The van der Waals surface area contributed by atoms with Crippen LogP contribution in [-0.2, 0) is 13.0 Å². The average Bonchev–Trinajstić information content (AvgIpc) is 2.39. The van der Waals surface area contributed by atoms with Gasteiger partial charge in [0.25, 0.3) is 0 Å². The lowest BCUT2D eigenvalue weighted by atomic mass is 10.2. The number of rotatable bonds is 5. The summed E-state index contributed by atoms with van der Waals surface area (Å²) in [5.74, 6) is 0.828. The topological polar surface area (TPSA) is 63.6 Å². The van der Waals surface area contributed by atoms with E-state index in [2.05, 4.69) is 32.4 Å². The first-order valence-electron chi connectivity index (χ1n) is 5.70. The minimum absolute atomic E-state index is 0.621. The summed E-state index contributed by atoms with van der Waals surface area (Å²) in [7, 11) is 0. The SMILES string of the molecule is CCCc1cc(NCc2cccnn2)ncn1. The van der Waals surface area contributed by atoms with Crippen molar-refractivity contribution in [3.8, 4) is 0 Å². The van der Waals surface area contributed by atoms with Crippen LogP contribution in [0, 0.1) is 0 Å². The summed E-state index contributed by atoms with van der Waals surface area (Å²) in [4.78, 5) is 8.37. The molecule has 1 N–H and O–H groups in total. The Hall–Kier alpha value is -2.04. The Morgan fingerprint density at radius 2 is 2.18 bits per heavy atom. The quantitative estimate of drug-likeness (QED) is 0.847. The summed E-state index contributed by atoms with van der Waals surface area (Å²) in [6, 6.07) is 5.76. The highest BCUT2D eigenvalue weighted by molar-refractivity contribution is 5.35. The fourth-order valence-electron chi connectivity index (χ4n) is 1.50. The van der Waals surface area contributed by atoms with Gasteiger partial charge in [0.15, 0.2) is 0 Å². The van der Waals surface area contributed by atoms with E-state index in [0.29, 0.717) is 6.54 Å². The van der Waals surface area contributed by atoms with Gasteiger partial charge in [-0.2, -0.15) is 10.2 Å². The van der Waals surface area contributed by atoms with Crippen molar-refractivity contribution < 1.29 is 0 Å². The van der Waals surface area contributed by atoms with E-state index in [0.717, 1.165) is 30.0 Å². The standard InChI is InChI=1S/C12H15N5/c1-2-4-10-7-12(15-9-14-10)13-8-11-5-3-6-16-17-11/h3,5-7,9H,2,4,8H2,1H3,(H,13,14,15). The number of hydrogen-bond acceptors (Lipinski definition) is 5. The van der Waals surface area contributed by atoms with E-state index < -0.39 is 0 Å². The number of aromatic nitrogens is 4. The Kier molecular flexibility index (Phi) is 3.96. The van der Waals surface area contributed by atoms with Crippen LogP contribution >= 0.6 is 0 Å². The van der Waals surface area contributed by atoms with Gasteiger partial charge in [-0.25, -0.2) is 9.97 Å². The molecule has 17 heavy (non-hydrogen) atoms.